The monoisotopic (exact) mass is 425 g/mol. The van der Waals surface area contributed by atoms with Gasteiger partial charge in [0.1, 0.15) is 0 Å². The van der Waals surface area contributed by atoms with Crippen molar-refractivity contribution in [1.29, 1.82) is 0 Å². The van der Waals surface area contributed by atoms with E-state index in [0.29, 0.717) is 28.9 Å². The molecule has 2 aromatic heterocycles. The van der Waals surface area contributed by atoms with Crippen molar-refractivity contribution in [2.75, 3.05) is 18.2 Å². The lowest BCUT2D eigenvalue weighted by molar-refractivity contribution is -0.113. The third kappa shape index (κ3) is 5.24. The van der Waals surface area contributed by atoms with E-state index in [-0.39, 0.29) is 11.7 Å². The van der Waals surface area contributed by atoms with Gasteiger partial charge in [0.25, 0.3) is 0 Å². The smallest absolute Gasteiger partial charge is 0.339 e. The first-order chi connectivity index (χ1) is 14.5. The van der Waals surface area contributed by atoms with Crippen LogP contribution in [0.2, 0.25) is 0 Å². The molecule has 30 heavy (non-hydrogen) atoms. The number of nitrogens with one attached hydrogen (secondary N) is 1. The molecule has 2 heterocycles. The van der Waals surface area contributed by atoms with Gasteiger partial charge in [0, 0.05) is 24.5 Å². The average Bonchev–Trinajstić information content (AvgIpc) is 3.14. The Bertz CT molecular complexity index is 1020. The second kappa shape index (κ2) is 10.0. The fourth-order valence-electron chi connectivity index (χ4n) is 2.83. The number of aromatic nitrogens is 4. The van der Waals surface area contributed by atoms with Gasteiger partial charge in [0.05, 0.1) is 24.1 Å². The van der Waals surface area contributed by atoms with Crippen molar-refractivity contribution in [3.05, 3.63) is 54.4 Å². The van der Waals surface area contributed by atoms with Gasteiger partial charge in [0.2, 0.25) is 5.91 Å². The van der Waals surface area contributed by atoms with Crippen LogP contribution in [0.15, 0.2) is 53.9 Å². The molecule has 8 nitrogen and oxygen atoms in total. The number of amides is 1. The van der Waals surface area contributed by atoms with Crippen LogP contribution in [0.25, 0.3) is 11.4 Å². The topological polar surface area (TPSA) is 99.0 Å². The third-order valence-electron chi connectivity index (χ3n) is 4.12. The summed E-state index contributed by atoms with van der Waals surface area (Å²) in [5.41, 5.74) is 1.59. The summed E-state index contributed by atoms with van der Waals surface area (Å²) in [5, 5.41) is 12.0. The van der Waals surface area contributed by atoms with E-state index in [0.717, 1.165) is 11.4 Å². The maximum Gasteiger partial charge on any atom is 0.339 e. The fourth-order valence-corrected chi connectivity index (χ4v) is 3.58. The highest BCUT2D eigenvalue weighted by Crippen LogP contribution is 2.25. The Hall–Kier alpha value is -3.20. The molecule has 3 rings (SSSR count). The minimum Gasteiger partial charge on any atom is -0.465 e. The van der Waals surface area contributed by atoms with Gasteiger partial charge in [-0.25, -0.2) is 4.79 Å². The average molecular weight is 426 g/mol. The number of anilines is 1. The largest absolute Gasteiger partial charge is 0.465 e. The molecule has 1 amide bonds. The Kier molecular flexibility index (Phi) is 7.18. The molecule has 3 aromatic rings. The zero-order valence-electron chi connectivity index (χ0n) is 17.0. The number of para-hydroxylation sites is 1. The SMILES string of the molecule is COC(=O)c1ccccc1NC(=O)CSc1nnc(-c2cccnc2)n1CC(C)C. The number of nitrogens with zero attached hydrogens (tertiary/aromatic N) is 4. The zero-order valence-corrected chi connectivity index (χ0v) is 17.8. The molecule has 1 aromatic carbocycles. The number of thioether (sulfide) groups is 1. The molecule has 0 fully saturated rings. The highest BCUT2D eigenvalue weighted by atomic mass is 32.2. The Labute approximate surface area is 179 Å². The molecule has 0 spiro atoms. The lowest BCUT2D eigenvalue weighted by Gasteiger charge is -2.13. The standard InChI is InChI=1S/C21H23N5O3S/c1-14(2)12-26-19(15-7-6-10-22-11-15)24-25-21(26)30-13-18(27)23-17-9-5-4-8-16(17)20(28)29-3/h4-11,14H,12-13H2,1-3H3,(H,23,27). The Morgan fingerprint density at radius 1 is 1.17 bits per heavy atom. The number of hydrogen-bond donors (Lipinski definition) is 1. The molecule has 0 saturated heterocycles. The molecule has 0 saturated carbocycles. The predicted octanol–water partition coefficient (Wildman–Crippen LogP) is 3.51. The van der Waals surface area contributed by atoms with Gasteiger partial charge in [0.15, 0.2) is 11.0 Å². The maximum absolute atomic E-state index is 12.5. The molecule has 0 atom stereocenters. The molecule has 1 N–H and O–H groups in total. The van der Waals surface area contributed by atoms with Gasteiger partial charge in [-0.15, -0.1) is 10.2 Å². The van der Waals surface area contributed by atoms with Gasteiger partial charge in [-0.05, 0) is 30.2 Å². The van der Waals surface area contributed by atoms with Crippen molar-refractivity contribution in [3.63, 3.8) is 0 Å². The highest BCUT2D eigenvalue weighted by molar-refractivity contribution is 7.99. The number of hydrogen-bond acceptors (Lipinski definition) is 7. The van der Waals surface area contributed by atoms with Crippen molar-refractivity contribution in [2.45, 2.75) is 25.5 Å². The molecule has 0 bridgehead atoms. The van der Waals surface area contributed by atoms with E-state index >= 15 is 0 Å². The van der Waals surface area contributed by atoms with Crippen LogP contribution in [0, 0.1) is 5.92 Å². The molecule has 9 heteroatoms. The molecular formula is C21H23N5O3S. The van der Waals surface area contributed by atoms with E-state index in [1.165, 1.54) is 18.9 Å². The Morgan fingerprint density at radius 2 is 1.97 bits per heavy atom. The molecule has 156 valence electrons. The first kappa shape index (κ1) is 21.5. The van der Waals surface area contributed by atoms with Crippen molar-refractivity contribution in [2.24, 2.45) is 5.92 Å². The van der Waals surface area contributed by atoms with E-state index in [4.69, 9.17) is 4.74 Å². The molecule has 0 unspecified atom stereocenters. The van der Waals surface area contributed by atoms with Crippen molar-refractivity contribution < 1.29 is 14.3 Å². The molecule has 0 radical (unpaired) electrons. The summed E-state index contributed by atoms with van der Waals surface area (Å²) < 4.78 is 6.77. The van der Waals surface area contributed by atoms with Crippen LogP contribution in [0.4, 0.5) is 5.69 Å². The van der Waals surface area contributed by atoms with Gasteiger partial charge >= 0.3 is 5.97 Å². The van der Waals surface area contributed by atoms with E-state index in [1.807, 2.05) is 16.7 Å². The lowest BCUT2D eigenvalue weighted by atomic mass is 10.2. The zero-order chi connectivity index (χ0) is 21.5. The maximum atomic E-state index is 12.5. The highest BCUT2D eigenvalue weighted by Gasteiger charge is 2.18. The van der Waals surface area contributed by atoms with Gasteiger partial charge in [-0.3, -0.25) is 9.78 Å². The number of methoxy groups -OCH3 is 1. The van der Waals surface area contributed by atoms with Gasteiger partial charge in [-0.1, -0.05) is 37.7 Å². The van der Waals surface area contributed by atoms with E-state index in [1.54, 1.807) is 36.7 Å². The third-order valence-corrected chi connectivity index (χ3v) is 5.09. The van der Waals surface area contributed by atoms with Crippen LogP contribution in [0.1, 0.15) is 24.2 Å². The quantitative estimate of drug-likeness (QED) is 0.435. The molecule has 0 aliphatic carbocycles. The summed E-state index contributed by atoms with van der Waals surface area (Å²) in [5.74, 6) is 0.459. The predicted molar refractivity (Wildman–Crippen MR) is 115 cm³/mol. The second-order valence-electron chi connectivity index (χ2n) is 6.93. The number of carbonyl (C=O) groups is 2. The molecular weight excluding hydrogens is 402 g/mol. The molecule has 0 aliphatic rings. The Morgan fingerprint density at radius 3 is 2.67 bits per heavy atom. The van der Waals surface area contributed by atoms with Crippen LogP contribution in [0.3, 0.4) is 0 Å². The Balaban J connectivity index is 1.74. The van der Waals surface area contributed by atoms with Crippen molar-refractivity contribution >= 4 is 29.3 Å². The van der Waals surface area contributed by atoms with Gasteiger partial charge < -0.3 is 14.6 Å². The number of carbonyl (C=O) groups excluding carboxylic acids is 2. The first-order valence-electron chi connectivity index (χ1n) is 9.43. The van der Waals surface area contributed by atoms with Crippen LogP contribution in [0.5, 0.6) is 0 Å². The number of esters is 1. The van der Waals surface area contributed by atoms with E-state index < -0.39 is 5.97 Å². The van der Waals surface area contributed by atoms with Crippen molar-refractivity contribution in [1.82, 2.24) is 19.7 Å². The van der Waals surface area contributed by atoms with Gasteiger partial charge in [-0.2, -0.15) is 0 Å². The summed E-state index contributed by atoms with van der Waals surface area (Å²) in [6.45, 7) is 4.93. The normalized spacial score (nSPS) is 10.8. The number of ether oxygens (including phenoxy) is 1. The van der Waals surface area contributed by atoms with Crippen molar-refractivity contribution in [3.8, 4) is 11.4 Å². The summed E-state index contributed by atoms with van der Waals surface area (Å²) in [6, 6.07) is 10.5. The summed E-state index contributed by atoms with van der Waals surface area (Å²) in [7, 11) is 1.30. The van der Waals surface area contributed by atoms with Crippen LogP contribution < -0.4 is 5.32 Å². The summed E-state index contributed by atoms with van der Waals surface area (Å²) >= 11 is 1.29. The number of pyridine rings is 1. The van der Waals surface area contributed by atoms with Crippen LogP contribution in [-0.4, -0.2) is 44.5 Å². The molecule has 0 aliphatic heterocycles. The van der Waals surface area contributed by atoms with Crippen LogP contribution in [-0.2, 0) is 16.1 Å². The number of rotatable bonds is 8. The van der Waals surface area contributed by atoms with Crippen LogP contribution >= 0.6 is 11.8 Å². The minimum atomic E-state index is -0.503. The van der Waals surface area contributed by atoms with E-state index in [2.05, 4.69) is 34.3 Å². The minimum absolute atomic E-state index is 0.124. The summed E-state index contributed by atoms with van der Waals surface area (Å²) in [4.78, 5) is 28.5. The first-order valence-corrected chi connectivity index (χ1v) is 10.4. The lowest BCUT2D eigenvalue weighted by Crippen LogP contribution is -2.17. The summed E-state index contributed by atoms with van der Waals surface area (Å²) in [6.07, 6.45) is 3.45. The van der Waals surface area contributed by atoms with E-state index in [9.17, 15) is 9.59 Å². The fraction of sp³-hybridized carbons (Fsp3) is 0.286. The second-order valence-corrected chi connectivity index (χ2v) is 7.87. The number of benzene rings is 1.